The quantitative estimate of drug-likeness (QED) is 0.684. The number of hydrogen-bond donors (Lipinski definition) is 1. The molecule has 1 amide bonds. The minimum Gasteiger partial charge on any atom is -0.379 e. The van der Waals surface area contributed by atoms with Crippen LogP contribution in [0.2, 0.25) is 0 Å². The lowest BCUT2D eigenvalue weighted by atomic mass is 10.1. The van der Waals surface area contributed by atoms with E-state index in [9.17, 15) is 13.6 Å². The van der Waals surface area contributed by atoms with Crippen LogP contribution in [-0.4, -0.2) is 48.6 Å². The van der Waals surface area contributed by atoms with E-state index in [2.05, 4.69) is 10.3 Å². The smallest absolute Gasteiger partial charge is 0.238 e. The van der Waals surface area contributed by atoms with Crippen molar-refractivity contribution in [3.63, 3.8) is 0 Å². The zero-order valence-corrected chi connectivity index (χ0v) is 16.3. The Bertz CT molecular complexity index is 998. The highest BCUT2D eigenvalue weighted by Gasteiger charge is 2.16. The third-order valence-electron chi connectivity index (χ3n) is 4.59. The summed E-state index contributed by atoms with van der Waals surface area (Å²) in [4.78, 5) is 18.7. The first-order valence-corrected chi connectivity index (χ1v) is 10.1. The average molecular weight is 415 g/mol. The second kappa shape index (κ2) is 8.77. The van der Waals surface area contributed by atoms with Crippen molar-refractivity contribution in [2.75, 3.05) is 38.2 Å². The Kier molecular flexibility index (Phi) is 5.94. The second-order valence-corrected chi connectivity index (χ2v) is 7.51. The van der Waals surface area contributed by atoms with E-state index in [-0.39, 0.29) is 17.2 Å². The third-order valence-corrected chi connectivity index (χ3v) is 5.48. The monoisotopic (exact) mass is 415 g/mol. The Morgan fingerprint density at radius 2 is 1.86 bits per heavy atom. The molecular formula is C21H19F2N3O2S. The standard InChI is InChI=1S/C21H19F2N3O2S/c22-16-5-2-6-17(23)20(16)18-13-29-21(25-18)14-3-1-4-15(11-14)24-19(27)12-26-7-9-28-10-8-26/h1-6,11,13H,7-10,12H2,(H,24,27). The number of morpholine rings is 1. The van der Waals surface area contributed by atoms with Crippen molar-refractivity contribution in [2.45, 2.75) is 0 Å². The van der Waals surface area contributed by atoms with Gasteiger partial charge in [0.25, 0.3) is 0 Å². The molecule has 0 unspecified atom stereocenters. The van der Waals surface area contributed by atoms with E-state index in [0.29, 0.717) is 30.5 Å². The summed E-state index contributed by atoms with van der Waals surface area (Å²) in [5, 5.41) is 5.13. The minimum absolute atomic E-state index is 0.0997. The van der Waals surface area contributed by atoms with Crippen LogP contribution in [0.4, 0.5) is 14.5 Å². The molecule has 8 heteroatoms. The van der Waals surface area contributed by atoms with Crippen LogP contribution in [0.25, 0.3) is 21.8 Å². The number of halogens is 2. The number of aromatic nitrogens is 1. The topological polar surface area (TPSA) is 54.5 Å². The van der Waals surface area contributed by atoms with Crippen molar-refractivity contribution in [1.82, 2.24) is 9.88 Å². The van der Waals surface area contributed by atoms with E-state index in [1.165, 1.54) is 29.5 Å². The molecule has 0 radical (unpaired) electrons. The van der Waals surface area contributed by atoms with E-state index >= 15 is 0 Å². The van der Waals surface area contributed by atoms with Gasteiger partial charge in [0, 0.05) is 29.7 Å². The highest BCUT2D eigenvalue weighted by atomic mass is 32.1. The van der Waals surface area contributed by atoms with Gasteiger partial charge in [-0.25, -0.2) is 13.8 Å². The lowest BCUT2D eigenvalue weighted by Crippen LogP contribution is -2.41. The molecule has 0 spiro atoms. The molecule has 1 N–H and O–H groups in total. The van der Waals surface area contributed by atoms with Crippen molar-refractivity contribution >= 4 is 22.9 Å². The van der Waals surface area contributed by atoms with Crippen LogP contribution in [0.5, 0.6) is 0 Å². The van der Waals surface area contributed by atoms with Crippen molar-refractivity contribution < 1.29 is 18.3 Å². The summed E-state index contributed by atoms with van der Waals surface area (Å²) in [6, 6.07) is 11.0. The number of nitrogens with one attached hydrogen (secondary N) is 1. The predicted molar refractivity (Wildman–Crippen MR) is 109 cm³/mol. The summed E-state index contributed by atoms with van der Waals surface area (Å²) in [5.74, 6) is -1.39. The molecule has 4 rings (SSSR count). The van der Waals surface area contributed by atoms with Gasteiger partial charge < -0.3 is 10.1 Å². The molecule has 1 aromatic heterocycles. The summed E-state index contributed by atoms with van der Waals surface area (Å²) in [5.41, 5.74) is 1.53. The molecule has 1 aliphatic heterocycles. The molecule has 1 aliphatic rings. The summed E-state index contributed by atoms with van der Waals surface area (Å²) in [6.45, 7) is 3.06. The third kappa shape index (κ3) is 4.67. The second-order valence-electron chi connectivity index (χ2n) is 6.65. The maximum absolute atomic E-state index is 14.0. The average Bonchev–Trinajstić information content (AvgIpc) is 3.18. The molecule has 2 aromatic carbocycles. The first kappa shape index (κ1) is 19.6. The maximum atomic E-state index is 14.0. The van der Waals surface area contributed by atoms with E-state index in [1.807, 2.05) is 17.0 Å². The summed E-state index contributed by atoms with van der Waals surface area (Å²) in [7, 11) is 0. The number of thiazole rings is 1. The Labute approximate surface area is 171 Å². The predicted octanol–water partition coefficient (Wildman–Crippen LogP) is 4.03. The molecule has 0 bridgehead atoms. The molecule has 3 aromatic rings. The molecule has 1 fully saturated rings. The fraction of sp³-hybridized carbons (Fsp3) is 0.238. The van der Waals surface area contributed by atoms with Crippen LogP contribution in [-0.2, 0) is 9.53 Å². The number of carbonyl (C=O) groups excluding carboxylic acids is 1. The first-order valence-electron chi connectivity index (χ1n) is 9.20. The number of carbonyl (C=O) groups is 1. The minimum atomic E-state index is -0.647. The molecule has 150 valence electrons. The van der Waals surface area contributed by atoms with Gasteiger partial charge in [0.15, 0.2) is 0 Å². The fourth-order valence-corrected chi connectivity index (χ4v) is 3.96. The lowest BCUT2D eigenvalue weighted by Gasteiger charge is -2.25. The Morgan fingerprint density at radius 1 is 1.14 bits per heavy atom. The highest BCUT2D eigenvalue weighted by Crippen LogP contribution is 2.32. The summed E-state index contributed by atoms with van der Waals surface area (Å²) < 4.78 is 33.3. The van der Waals surface area contributed by atoms with Gasteiger partial charge in [-0.2, -0.15) is 0 Å². The molecule has 5 nitrogen and oxygen atoms in total. The molecule has 0 aliphatic carbocycles. The van der Waals surface area contributed by atoms with Crippen LogP contribution in [0.15, 0.2) is 47.8 Å². The van der Waals surface area contributed by atoms with Crippen molar-refractivity contribution in [2.24, 2.45) is 0 Å². The van der Waals surface area contributed by atoms with Gasteiger partial charge in [-0.1, -0.05) is 18.2 Å². The van der Waals surface area contributed by atoms with E-state index in [4.69, 9.17) is 4.74 Å². The van der Waals surface area contributed by atoms with E-state index in [1.54, 1.807) is 17.5 Å². The Hall–Kier alpha value is -2.68. The molecule has 29 heavy (non-hydrogen) atoms. The lowest BCUT2D eigenvalue weighted by molar-refractivity contribution is -0.118. The number of benzene rings is 2. The maximum Gasteiger partial charge on any atom is 0.238 e. The van der Waals surface area contributed by atoms with Gasteiger partial charge in [0.2, 0.25) is 5.91 Å². The van der Waals surface area contributed by atoms with Gasteiger partial charge in [0.1, 0.15) is 16.6 Å². The van der Waals surface area contributed by atoms with Crippen molar-refractivity contribution in [3.8, 4) is 21.8 Å². The van der Waals surface area contributed by atoms with Crippen LogP contribution in [0.1, 0.15) is 0 Å². The molecule has 0 saturated carbocycles. The highest BCUT2D eigenvalue weighted by molar-refractivity contribution is 7.13. The summed E-state index contributed by atoms with van der Waals surface area (Å²) >= 11 is 1.29. The van der Waals surface area contributed by atoms with Crippen molar-refractivity contribution in [1.29, 1.82) is 0 Å². The van der Waals surface area contributed by atoms with E-state index in [0.717, 1.165) is 18.7 Å². The SMILES string of the molecule is O=C(CN1CCOCC1)Nc1cccc(-c2nc(-c3c(F)cccc3F)cs2)c1. The zero-order chi connectivity index (χ0) is 20.2. The number of rotatable bonds is 5. The van der Waals surface area contributed by atoms with E-state index < -0.39 is 11.6 Å². The number of ether oxygens (including phenoxy) is 1. The number of anilines is 1. The zero-order valence-electron chi connectivity index (χ0n) is 15.5. The van der Waals surface area contributed by atoms with Gasteiger partial charge in [-0.05, 0) is 24.3 Å². The number of amides is 1. The summed E-state index contributed by atoms with van der Waals surface area (Å²) in [6.07, 6.45) is 0. The van der Waals surface area contributed by atoms with Crippen molar-refractivity contribution in [3.05, 3.63) is 59.5 Å². The van der Waals surface area contributed by atoms with Gasteiger partial charge in [-0.3, -0.25) is 9.69 Å². The molecular weight excluding hydrogens is 396 g/mol. The normalized spacial score (nSPS) is 14.7. The molecule has 1 saturated heterocycles. The van der Waals surface area contributed by atoms with Gasteiger partial charge in [0.05, 0.1) is 31.0 Å². The Balaban J connectivity index is 1.49. The number of nitrogens with zero attached hydrogens (tertiary/aromatic N) is 2. The van der Waals surface area contributed by atoms with Gasteiger partial charge >= 0.3 is 0 Å². The fourth-order valence-electron chi connectivity index (χ4n) is 3.16. The van der Waals surface area contributed by atoms with Gasteiger partial charge in [-0.15, -0.1) is 11.3 Å². The number of hydrogen-bond acceptors (Lipinski definition) is 5. The Morgan fingerprint density at radius 3 is 2.62 bits per heavy atom. The van der Waals surface area contributed by atoms with Crippen LogP contribution in [0.3, 0.4) is 0 Å². The molecule has 0 atom stereocenters. The van der Waals surface area contributed by atoms with Crippen LogP contribution < -0.4 is 5.32 Å². The van der Waals surface area contributed by atoms with Crippen LogP contribution >= 0.6 is 11.3 Å². The molecule has 2 heterocycles. The largest absolute Gasteiger partial charge is 0.379 e. The van der Waals surface area contributed by atoms with Crippen LogP contribution in [0, 0.1) is 11.6 Å². The first-order chi connectivity index (χ1) is 14.1.